The number of rotatable bonds is 6. The zero-order valence-electron chi connectivity index (χ0n) is 19.7. The molecule has 2 heterocycles. The number of ether oxygens (including phenoxy) is 1. The number of thiazole rings is 1. The largest absolute Gasteiger partial charge is 0.379 e. The molecular formula is C27H25N3O4S2. The number of carbonyl (C=O) groups excluding carboxylic acids is 1. The molecule has 1 saturated heterocycles. The number of morpholine rings is 1. The molecule has 1 N–H and O–H groups in total. The molecule has 1 aliphatic rings. The highest BCUT2D eigenvalue weighted by Crippen LogP contribution is 2.31. The normalized spacial score (nSPS) is 14.9. The van der Waals surface area contributed by atoms with Gasteiger partial charge in [0.25, 0.3) is 0 Å². The van der Waals surface area contributed by atoms with Gasteiger partial charge in [0.15, 0.2) is 0 Å². The Morgan fingerprint density at radius 1 is 1.03 bits per heavy atom. The fraction of sp³-hybridized carbons (Fsp3) is 0.185. The Morgan fingerprint density at radius 3 is 2.47 bits per heavy atom. The lowest BCUT2D eigenvalue weighted by molar-refractivity contribution is -0.111. The number of nitrogens with one attached hydrogen (secondary N) is 1. The summed E-state index contributed by atoms with van der Waals surface area (Å²) < 4.78 is 33.3. The molecule has 0 atom stereocenters. The molecule has 1 amide bonds. The molecule has 0 spiro atoms. The van der Waals surface area contributed by atoms with Gasteiger partial charge < -0.3 is 10.1 Å². The molecule has 0 saturated carbocycles. The van der Waals surface area contributed by atoms with Gasteiger partial charge in [0.2, 0.25) is 15.9 Å². The number of nitrogens with zero attached hydrogens (tertiary/aromatic N) is 2. The molecule has 0 radical (unpaired) electrons. The van der Waals surface area contributed by atoms with Crippen LogP contribution in [0.4, 0.5) is 5.69 Å². The summed E-state index contributed by atoms with van der Waals surface area (Å²) in [6.07, 6.45) is 3.08. The van der Waals surface area contributed by atoms with E-state index >= 15 is 0 Å². The lowest BCUT2D eigenvalue weighted by Crippen LogP contribution is -2.40. The molecular weight excluding hydrogens is 494 g/mol. The molecule has 7 nitrogen and oxygen atoms in total. The Labute approximate surface area is 214 Å². The fourth-order valence-corrected chi connectivity index (χ4v) is 6.37. The first-order valence-electron chi connectivity index (χ1n) is 11.5. The minimum absolute atomic E-state index is 0.231. The van der Waals surface area contributed by atoms with Crippen LogP contribution in [0.5, 0.6) is 0 Å². The summed E-state index contributed by atoms with van der Waals surface area (Å²) in [6.45, 7) is 3.58. The standard InChI is InChI=1S/C27H25N3O4S2/c1-19-2-12-24-25(18-19)35-27(29-24)21-6-8-22(9-7-21)28-26(31)13-5-20-3-10-23(11-4-20)36(32,33)30-14-16-34-17-15-30/h2-13,18H,14-17H2,1H3,(H,28,31)/b13-5+. The van der Waals surface area contributed by atoms with Gasteiger partial charge in [-0.2, -0.15) is 4.31 Å². The van der Waals surface area contributed by atoms with Crippen LogP contribution >= 0.6 is 11.3 Å². The number of aromatic nitrogens is 1. The van der Waals surface area contributed by atoms with E-state index in [-0.39, 0.29) is 10.8 Å². The number of hydrogen-bond acceptors (Lipinski definition) is 6. The van der Waals surface area contributed by atoms with Gasteiger partial charge in [-0.25, -0.2) is 13.4 Å². The second-order valence-corrected chi connectivity index (χ2v) is 11.4. The molecule has 1 fully saturated rings. The highest BCUT2D eigenvalue weighted by atomic mass is 32.2. The van der Waals surface area contributed by atoms with Crippen molar-refractivity contribution in [3.8, 4) is 10.6 Å². The maximum atomic E-state index is 12.7. The van der Waals surface area contributed by atoms with Crippen molar-refractivity contribution >= 4 is 49.2 Å². The minimum Gasteiger partial charge on any atom is -0.379 e. The van der Waals surface area contributed by atoms with Gasteiger partial charge in [0.1, 0.15) is 5.01 Å². The second kappa shape index (κ2) is 10.3. The van der Waals surface area contributed by atoms with E-state index in [2.05, 4.69) is 24.4 Å². The molecule has 1 aromatic heterocycles. The first kappa shape index (κ1) is 24.3. The Morgan fingerprint density at radius 2 is 1.75 bits per heavy atom. The lowest BCUT2D eigenvalue weighted by Gasteiger charge is -2.26. The van der Waals surface area contributed by atoms with Gasteiger partial charge in [0.05, 0.1) is 28.3 Å². The summed E-state index contributed by atoms with van der Waals surface area (Å²) in [4.78, 5) is 17.3. The molecule has 3 aromatic carbocycles. The molecule has 4 aromatic rings. The third-order valence-corrected chi connectivity index (χ3v) is 8.84. The molecule has 5 rings (SSSR count). The van der Waals surface area contributed by atoms with Gasteiger partial charge in [-0.1, -0.05) is 18.2 Å². The summed E-state index contributed by atoms with van der Waals surface area (Å²) in [5.74, 6) is -0.275. The first-order chi connectivity index (χ1) is 17.4. The monoisotopic (exact) mass is 519 g/mol. The smallest absolute Gasteiger partial charge is 0.248 e. The van der Waals surface area contributed by atoms with Crippen LogP contribution in [0.2, 0.25) is 0 Å². The Kier molecular flexibility index (Phi) is 6.97. The fourth-order valence-electron chi connectivity index (χ4n) is 3.89. The summed E-state index contributed by atoms with van der Waals surface area (Å²) >= 11 is 1.64. The number of fused-ring (bicyclic) bond motifs is 1. The molecule has 1 aliphatic heterocycles. The number of amides is 1. The third kappa shape index (κ3) is 5.39. The number of hydrogen-bond donors (Lipinski definition) is 1. The van der Waals surface area contributed by atoms with Crippen molar-refractivity contribution in [1.82, 2.24) is 9.29 Å². The van der Waals surface area contributed by atoms with Crippen LogP contribution in [0, 0.1) is 6.92 Å². The van der Waals surface area contributed by atoms with Crippen LogP contribution in [0.3, 0.4) is 0 Å². The number of sulfonamides is 1. The average molecular weight is 520 g/mol. The van der Waals surface area contributed by atoms with Crippen molar-refractivity contribution in [3.63, 3.8) is 0 Å². The second-order valence-electron chi connectivity index (χ2n) is 8.48. The quantitative estimate of drug-likeness (QED) is 0.365. The maximum absolute atomic E-state index is 12.7. The van der Waals surface area contributed by atoms with Gasteiger partial charge in [-0.05, 0) is 72.7 Å². The van der Waals surface area contributed by atoms with Crippen LogP contribution in [0.1, 0.15) is 11.1 Å². The molecule has 0 aliphatic carbocycles. The molecule has 184 valence electrons. The Balaban J connectivity index is 1.21. The first-order valence-corrected chi connectivity index (χ1v) is 13.8. The third-order valence-electron chi connectivity index (χ3n) is 5.86. The van der Waals surface area contributed by atoms with Crippen molar-refractivity contribution in [2.75, 3.05) is 31.6 Å². The van der Waals surface area contributed by atoms with E-state index in [1.807, 2.05) is 30.3 Å². The summed E-state index contributed by atoms with van der Waals surface area (Å²) in [5, 5.41) is 3.78. The predicted octanol–water partition coefficient (Wildman–Crippen LogP) is 4.94. The van der Waals surface area contributed by atoms with Crippen LogP contribution < -0.4 is 5.32 Å². The highest BCUT2D eigenvalue weighted by molar-refractivity contribution is 7.89. The lowest BCUT2D eigenvalue weighted by atomic mass is 10.2. The van der Waals surface area contributed by atoms with E-state index in [9.17, 15) is 13.2 Å². The topological polar surface area (TPSA) is 88.6 Å². The molecule has 0 bridgehead atoms. The van der Waals surface area contributed by atoms with Crippen LogP contribution in [-0.4, -0.2) is 49.9 Å². The number of anilines is 1. The van der Waals surface area contributed by atoms with Crippen molar-refractivity contribution in [2.45, 2.75) is 11.8 Å². The van der Waals surface area contributed by atoms with E-state index in [1.54, 1.807) is 41.7 Å². The van der Waals surface area contributed by atoms with Crippen molar-refractivity contribution in [3.05, 3.63) is 83.9 Å². The highest BCUT2D eigenvalue weighted by Gasteiger charge is 2.25. The van der Waals surface area contributed by atoms with Crippen LogP contribution in [0.15, 0.2) is 77.7 Å². The van der Waals surface area contributed by atoms with Crippen LogP contribution in [0.25, 0.3) is 26.9 Å². The van der Waals surface area contributed by atoms with E-state index in [1.165, 1.54) is 15.9 Å². The predicted molar refractivity (Wildman–Crippen MR) is 143 cm³/mol. The molecule has 36 heavy (non-hydrogen) atoms. The zero-order valence-corrected chi connectivity index (χ0v) is 21.3. The van der Waals surface area contributed by atoms with E-state index in [4.69, 9.17) is 9.72 Å². The van der Waals surface area contributed by atoms with E-state index < -0.39 is 10.0 Å². The average Bonchev–Trinajstić information content (AvgIpc) is 3.32. The van der Waals surface area contributed by atoms with Crippen molar-refractivity contribution in [2.24, 2.45) is 0 Å². The zero-order chi connectivity index (χ0) is 25.1. The SMILES string of the molecule is Cc1ccc2nc(-c3ccc(NC(=O)/C=C/c4ccc(S(=O)(=O)N5CCOCC5)cc4)cc3)sc2c1. The van der Waals surface area contributed by atoms with E-state index in [0.717, 1.165) is 26.4 Å². The minimum atomic E-state index is -3.54. The van der Waals surface area contributed by atoms with Crippen LogP contribution in [-0.2, 0) is 19.6 Å². The van der Waals surface area contributed by atoms with Crippen molar-refractivity contribution < 1.29 is 17.9 Å². The molecule has 9 heteroatoms. The van der Waals surface area contributed by atoms with Crippen molar-refractivity contribution in [1.29, 1.82) is 0 Å². The maximum Gasteiger partial charge on any atom is 0.248 e. The Hall–Kier alpha value is -3.37. The summed E-state index contributed by atoms with van der Waals surface area (Å²) in [6, 6.07) is 20.3. The molecule has 0 unspecified atom stereocenters. The van der Waals surface area contributed by atoms with Gasteiger partial charge in [0, 0.05) is 30.4 Å². The number of aryl methyl sites for hydroxylation is 1. The summed E-state index contributed by atoms with van der Waals surface area (Å²) in [7, 11) is -3.54. The number of carbonyl (C=O) groups is 1. The van der Waals surface area contributed by atoms with Gasteiger partial charge in [-0.3, -0.25) is 4.79 Å². The van der Waals surface area contributed by atoms with E-state index in [0.29, 0.717) is 32.0 Å². The van der Waals surface area contributed by atoms with Gasteiger partial charge >= 0.3 is 0 Å². The summed E-state index contributed by atoms with van der Waals surface area (Å²) in [5.41, 5.74) is 4.59. The number of benzene rings is 3. The van der Waals surface area contributed by atoms with Gasteiger partial charge in [-0.15, -0.1) is 11.3 Å². The Bertz CT molecular complexity index is 1520.